The summed E-state index contributed by atoms with van der Waals surface area (Å²) in [5.41, 5.74) is 0. The van der Waals surface area contributed by atoms with Crippen LogP contribution in [0.2, 0.25) is 0 Å². The van der Waals surface area contributed by atoms with E-state index >= 15 is 0 Å². The van der Waals surface area contributed by atoms with Gasteiger partial charge in [0.2, 0.25) is 0 Å². The lowest BCUT2D eigenvalue weighted by Gasteiger charge is -2.28. The fourth-order valence-corrected chi connectivity index (χ4v) is 2.80. The van der Waals surface area contributed by atoms with Crippen molar-refractivity contribution in [3.8, 4) is 0 Å². The molecule has 0 aromatic heterocycles. The van der Waals surface area contributed by atoms with Crippen LogP contribution >= 0.6 is 0 Å². The van der Waals surface area contributed by atoms with Crippen molar-refractivity contribution in [3.63, 3.8) is 0 Å². The molecule has 0 amide bonds. The summed E-state index contributed by atoms with van der Waals surface area (Å²) in [7, 11) is 0. The van der Waals surface area contributed by atoms with Gasteiger partial charge in [-0.15, -0.1) is 0 Å². The van der Waals surface area contributed by atoms with E-state index in [9.17, 15) is 32.3 Å². The highest BCUT2D eigenvalue weighted by atomic mass is 19.3. The second kappa shape index (κ2) is 4.35. The zero-order valence-corrected chi connectivity index (χ0v) is 9.71. The van der Waals surface area contributed by atoms with E-state index in [0.29, 0.717) is 12.8 Å². The van der Waals surface area contributed by atoms with Crippen molar-refractivity contribution < 1.29 is 37.0 Å². The number of rotatable bonds is 4. The number of alkyl halides is 4. The molecular weight excluding hydrogens is 272 g/mol. The SMILES string of the molecule is O=C([O-])C(F)(F)C(F)(F)C(=O)OC1CC2CCC1C2. The van der Waals surface area contributed by atoms with Crippen molar-refractivity contribution >= 4 is 11.9 Å². The largest absolute Gasteiger partial charge is 0.544 e. The first-order valence-electron chi connectivity index (χ1n) is 5.84. The quantitative estimate of drug-likeness (QED) is 0.564. The minimum Gasteiger partial charge on any atom is -0.544 e. The van der Waals surface area contributed by atoms with Crippen molar-refractivity contribution in [3.05, 3.63) is 0 Å². The van der Waals surface area contributed by atoms with E-state index in [4.69, 9.17) is 0 Å². The van der Waals surface area contributed by atoms with Crippen LogP contribution in [0.4, 0.5) is 17.6 Å². The van der Waals surface area contributed by atoms with E-state index in [2.05, 4.69) is 4.74 Å². The summed E-state index contributed by atoms with van der Waals surface area (Å²) in [6.45, 7) is 0. The number of ether oxygens (including phenoxy) is 1. The van der Waals surface area contributed by atoms with Crippen LogP contribution in [0.15, 0.2) is 0 Å². The third-order valence-electron chi connectivity index (χ3n) is 3.84. The van der Waals surface area contributed by atoms with E-state index in [1.165, 1.54) is 0 Å². The molecule has 0 saturated heterocycles. The Hall–Kier alpha value is -1.34. The van der Waals surface area contributed by atoms with Crippen LogP contribution in [-0.2, 0) is 14.3 Å². The summed E-state index contributed by atoms with van der Waals surface area (Å²) in [5.74, 6) is -16.6. The molecule has 2 fully saturated rings. The molecule has 0 N–H and O–H groups in total. The lowest BCUT2D eigenvalue weighted by atomic mass is 9.97. The van der Waals surface area contributed by atoms with E-state index in [-0.39, 0.29) is 11.8 Å². The molecule has 0 aliphatic heterocycles. The third kappa shape index (κ3) is 2.17. The van der Waals surface area contributed by atoms with Crippen LogP contribution in [0.5, 0.6) is 0 Å². The Morgan fingerprint density at radius 2 is 1.68 bits per heavy atom. The molecule has 19 heavy (non-hydrogen) atoms. The summed E-state index contributed by atoms with van der Waals surface area (Å²) in [5, 5.41) is 9.99. The zero-order valence-electron chi connectivity index (χ0n) is 9.71. The molecule has 3 atom stereocenters. The van der Waals surface area contributed by atoms with Gasteiger partial charge >= 0.3 is 17.8 Å². The van der Waals surface area contributed by atoms with E-state index in [1.807, 2.05) is 0 Å². The molecular formula is C11H11F4O4-. The van der Waals surface area contributed by atoms with Crippen LogP contribution in [0.1, 0.15) is 25.7 Å². The molecule has 0 spiro atoms. The second-order valence-corrected chi connectivity index (χ2v) is 5.05. The van der Waals surface area contributed by atoms with Gasteiger partial charge in [-0.25, -0.2) is 4.79 Å². The summed E-state index contributed by atoms with van der Waals surface area (Å²) in [6, 6.07) is 0. The topological polar surface area (TPSA) is 66.4 Å². The minimum absolute atomic E-state index is 0.0960. The molecule has 4 nitrogen and oxygen atoms in total. The van der Waals surface area contributed by atoms with Crippen LogP contribution < -0.4 is 5.11 Å². The van der Waals surface area contributed by atoms with Crippen LogP contribution in [-0.4, -0.2) is 29.9 Å². The van der Waals surface area contributed by atoms with Crippen LogP contribution in [0.25, 0.3) is 0 Å². The number of hydrogen-bond acceptors (Lipinski definition) is 4. The molecule has 2 aliphatic carbocycles. The molecule has 2 aliphatic rings. The molecule has 0 aromatic rings. The Morgan fingerprint density at radius 1 is 1.05 bits per heavy atom. The third-order valence-corrected chi connectivity index (χ3v) is 3.84. The van der Waals surface area contributed by atoms with Gasteiger partial charge in [0, 0.05) is 0 Å². The van der Waals surface area contributed by atoms with Crippen molar-refractivity contribution in [1.82, 2.24) is 0 Å². The zero-order chi connectivity index (χ0) is 14.4. The number of carbonyl (C=O) groups is 2. The fraction of sp³-hybridized carbons (Fsp3) is 0.818. The molecule has 2 rings (SSSR count). The number of halogens is 4. The van der Waals surface area contributed by atoms with Gasteiger partial charge in [-0.2, -0.15) is 17.6 Å². The Kier molecular flexibility index (Phi) is 3.22. The molecule has 0 radical (unpaired) electrons. The summed E-state index contributed by atoms with van der Waals surface area (Å²) < 4.78 is 56.0. The maximum Gasteiger partial charge on any atom is 0.410 e. The Labute approximate surface area is 105 Å². The Bertz CT molecular complexity index is 409. The molecule has 2 bridgehead atoms. The first-order chi connectivity index (χ1) is 8.66. The maximum absolute atomic E-state index is 13.1. The van der Waals surface area contributed by atoms with Crippen LogP contribution in [0.3, 0.4) is 0 Å². The fourth-order valence-electron chi connectivity index (χ4n) is 2.80. The smallest absolute Gasteiger partial charge is 0.410 e. The first kappa shape index (κ1) is 14.1. The van der Waals surface area contributed by atoms with Crippen molar-refractivity contribution in [2.45, 2.75) is 43.6 Å². The van der Waals surface area contributed by atoms with Gasteiger partial charge in [-0.1, -0.05) is 0 Å². The van der Waals surface area contributed by atoms with Crippen molar-refractivity contribution in [2.24, 2.45) is 11.8 Å². The molecule has 108 valence electrons. The number of carbonyl (C=O) groups excluding carboxylic acids is 2. The second-order valence-electron chi connectivity index (χ2n) is 5.05. The molecule has 0 aromatic carbocycles. The molecule has 8 heteroatoms. The predicted molar refractivity (Wildman–Crippen MR) is 50.2 cm³/mol. The highest BCUT2D eigenvalue weighted by molar-refractivity contribution is 5.88. The standard InChI is InChI=1S/C11H12F4O4/c12-10(13,8(16)17)11(14,15)9(18)19-7-4-5-1-2-6(7)3-5/h5-7H,1-4H2,(H,16,17)/p-1. The predicted octanol–water partition coefficient (Wildman–Crippen LogP) is 0.739. The maximum atomic E-state index is 13.1. The Balaban J connectivity index is 2.05. The van der Waals surface area contributed by atoms with Gasteiger partial charge in [0.1, 0.15) is 12.1 Å². The number of carboxylic acids is 1. The average molecular weight is 283 g/mol. The number of carboxylic acid groups (broad SMARTS) is 1. The monoisotopic (exact) mass is 283 g/mol. The lowest BCUT2D eigenvalue weighted by Crippen LogP contribution is -2.58. The lowest BCUT2D eigenvalue weighted by molar-refractivity contribution is -0.346. The van der Waals surface area contributed by atoms with Crippen molar-refractivity contribution in [2.75, 3.05) is 0 Å². The summed E-state index contributed by atoms with van der Waals surface area (Å²) >= 11 is 0. The number of fused-ring (bicyclic) bond motifs is 2. The highest BCUT2D eigenvalue weighted by Gasteiger charge is 2.65. The molecule has 0 heterocycles. The van der Waals surface area contributed by atoms with Crippen molar-refractivity contribution in [1.29, 1.82) is 0 Å². The minimum atomic E-state index is -5.58. The average Bonchev–Trinajstić information content (AvgIpc) is 2.90. The highest BCUT2D eigenvalue weighted by Crippen LogP contribution is 2.47. The summed E-state index contributed by atoms with van der Waals surface area (Å²) in [4.78, 5) is 21.1. The van der Waals surface area contributed by atoms with Gasteiger partial charge in [-0.05, 0) is 37.5 Å². The van der Waals surface area contributed by atoms with Crippen LogP contribution in [0, 0.1) is 11.8 Å². The normalized spacial score (nSPS) is 30.4. The first-order valence-corrected chi connectivity index (χ1v) is 5.84. The Morgan fingerprint density at radius 3 is 2.11 bits per heavy atom. The van der Waals surface area contributed by atoms with Gasteiger partial charge in [0.05, 0.1) is 0 Å². The van der Waals surface area contributed by atoms with Gasteiger partial charge in [0.15, 0.2) is 0 Å². The van der Waals surface area contributed by atoms with E-state index < -0.39 is 29.9 Å². The van der Waals surface area contributed by atoms with E-state index in [1.54, 1.807) is 0 Å². The van der Waals surface area contributed by atoms with Gasteiger partial charge in [0.25, 0.3) is 0 Å². The number of aliphatic carboxylic acids is 1. The van der Waals surface area contributed by atoms with Gasteiger partial charge in [-0.3, -0.25) is 0 Å². The number of esters is 1. The summed E-state index contributed by atoms with van der Waals surface area (Å²) in [6.07, 6.45) is 1.87. The van der Waals surface area contributed by atoms with E-state index in [0.717, 1.165) is 12.8 Å². The number of hydrogen-bond donors (Lipinski definition) is 0. The molecule has 2 saturated carbocycles. The van der Waals surface area contributed by atoms with Gasteiger partial charge < -0.3 is 14.6 Å². The molecule has 3 unspecified atom stereocenters.